The molecule has 0 N–H and O–H groups in total. The van der Waals surface area contributed by atoms with Crippen molar-refractivity contribution in [3.05, 3.63) is 0 Å². The lowest BCUT2D eigenvalue weighted by Crippen LogP contribution is -2.44. The smallest absolute Gasteiger partial charge is 0.192 e. The van der Waals surface area contributed by atoms with Crippen molar-refractivity contribution >= 4 is 14.6 Å². The quantitative estimate of drug-likeness (QED) is 0.554. The lowest BCUT2D eigenvalue weighted by Gasteiger charge is -2.39. The number of carbonyl (C=O) groups is 1. The summed E-state index contributed by atoms with van der Waals surface area (Å²) in [4.78, 5) is 10.6. The normalized spacial score (nSPS) is 27.1. The Hall–Kier alpha value is -0.153. The highest BCUT2D eigenvalue weighted by Crippen LogP contribution is 2.41. The average Bonchev–Trinajstić information content (AvgIpc) is 2.51. The van der Waals surface area contributed by atoms with E-state index in [-0.39, 0.29) is 5.04 Å². The van der Waals surface area contributed by atoms with Crippen LogP contribution in [-0.4, -0.2) is 20.7 Å². The molecule has 1 aliphatic carbocycles. The Kier molecular flexibility index (Phi) is 4.35. The van der Waals surface area contributed by atoms with Crippen LogP contribution in [0.25, 0.3) is 0 Å². The molecule has 0 spiro atoms. The maximum Gasteiger partial charge on any atom is 0.192 e. The zero-order valence-electron chi connectivity index (χ0n) is 11.4. The lowest BCUT2D eigenvalue weighted by molar-refractivity contribution is -0.109. The molecule has 0 aromatic carbocycles. The van der Waals surface area contributed by atoms with Crippen molar-refractivity contribution in [2.75, 3.05) is 0 Å². The van der Waals surface area contributed by atoms with Gasteiger partial charge in [0.15, 0.2) is 8.32 Å². The molecule has 0 unspecified atom stereocenters. The summed E-state index contributed by atoms with van der Waals surface area (Å²) < 4.78 is 6.41. The van der Waals surface area contributed by atoms with Gasteiger partial charge >= 0.3 is 0 Å². The molecule has 1 rings (SSSR count). The summed E-state index contributed by atoms with van der Waals surface area (Å²) in [5, 5.41) is 0.265. The molecule has 0 aromatic rings. The van der Waals surface area contributed by atoms with Gasteiger partial charge in [0, 0.05) is 12.5 Å². The third kappa shape index (κ3) is 3.17. The molecule has 0 heterocycles. The Morgan fingerprint density at radius 2 is 1.94 bits per heavy atom. The molecule has 0 amide bonds. The van der Waals surface area contributed by atoms with Crippen molar-refractivity contribution in [2.24, 2.45) is 5.92 Å². The SMILES string of the molecule is CC(C)(C)[Si](C)(C)O[C@H]1CCC[C@H]1CC=O. The average molecular weight is 242 g/mol. The molecular formula is C13H26O2Si. The molecule has 0 radical (unpaired) electrons. The van der Waals surface area contributed by atoms with Gasteiger partial charge in [-0.05, 0) is 36.9 Å². The van der Waals surface area contributed by atoms with Gasteiger partial charge < -0.3 is 9.22 Å². The van der Waals surface area contributed by atoms with Crippen molar-refractivity contribution in [1.82, 2.24) is 0 Å². The summed E-state index contributed by atoms with van der Waals surface area (Å²) in [5.41, 5.74) is 0. The van der Waals surface area contributed by atoms with Crippen LogP contribution in [0.4, 0.5) is 0 Å². The summed E-state index contributed by atoms with van der Waals surface area (Å²) in [5.74, 6) is 0.478. The summed E-state index contributed by atoms with van der Waals surface area (Å²) in [6.07, 6.45) is 5.60. The molecule has 0 bridgehead atoms. The minimum atomic E-state index is -1.66. The summed E-state index contributed by atoms with van der Waals surface area (Å²) in [7, 11) is -1.66. The van der Waals surface area contributed by atoms with Crippen molar-refractivity contribution in [3.8, 4) is 0 Å². The topological polar surface area (TPSA) is 26.3 Å². The van der Waals surface area contributed by atoms with Crippen LogP contribution in [0.1, 0.15) is 46.5 Å². The van der Waals surface area contributed by atoms with E-state index >= 15 is 0 Å². The van der Waals surface area contributed by atoms with E-state index in [1.807, 2.05) is 0 Å². The lowest BCUT2D eigenvalue weighted by atomic mass is 10.0. The fourth-order valence-electron chi connectivity index (χ4n) is 2.11. The minimum absolute atomic E-state index is 0.265. The van der Waals surface area contributed by atoms with E-state index in [2.05, 4.69) is 33.9 Å². The molecule has 0 aliphatic heterocycles. The summed E-state index contributed by atoms with van der Waals surface area (Å²) >= 11 is 0. The van der Waals surface area contributed by atoms with E-state index < -0.39 is 8.32 Å². The third-order valence-corrected chi connectivity index (χ3v) is 8.74. The Bertz CT molecular complexity index is 243. The van der Waals surface area contributed by atoms with Gasteiger partial charge in [-0.1, -0.05) is 27.2 Å². The maximum absolute atomic E-state index is 10.6. The summed E-state index contributed by atoms with van der Waals surface area (Å²) in [6, 6.07) is 0. The minimum Gasteiger partial charge on any atom is -0.414 e. The van der Waals surface area contributed by atoms with Gasteiger partial charge in [0.1, 0.15) is 6.29 Å². The first-order chi connectivity index (χ1) is 7.28. The molecule has 3 heteroatoms. The van der Waals surface area contributed by atoms with Crippen LogP contribution in [0, 0.1) is 5.92 Å². The van der Waals surface area contributed by atoms with Crippen LogP contribution in [0.2, 0.25) is 18.1 Å². The van der Waals surface area contributed by atoms with Crippen LogP contribution >= 0.6 is 0 Å². The van der Waals surface area contributed by atoms with E-state index in [0.29, 0.717) is 18.4 Å². The van der Waals surface area contributed by atoms with Gasteiger partial charge in [-0.2, -0.15) is 0 Å². The van der Waals surface area contributed by atoms with Gasteiger partial charge in [-0.15, -0.1) is 0 Å². The first-order valence-electron chi connectivity index (χ1n) is 6.39. The Balaban J connectivity index is 2.62. The second kappa shape index (κ2) is 5.01. The highest BCUT2D eigenvalue weighted by Gasteiger charge is 2.41. The third-order valence-electron chi connectivity index (χ3n) is 4.24. The zero-order valence-corrected chi connectivity index (χ0v) is 12.4. The number of carbonyl (C=O) groups excluding carboxylic acids is 1. The predicted molar refractivity (Wildman–Crippen MR) is 70.1 cm³/mol. The van der Waals surface area contributed by atoms with Gasteiger partial charge in [0.05, 0.1) is 0 Å². The van der Waals surface area contributed by atoms with Gasteiger partial charge in [0.2, 0.25) is 0 Å². The van der Waals surface area contributed by atoms with Gasteiger partial charge in [-0.3, -0.25) is 0 Å². The summed E-state index contributed by atoms with van der Waals surface area (Å²) in [6.45, 7) is 11.4. The maximum atomic E-state index is 10.6. The van der Waals surface area contributed by atoms with E-state index in [4.69, 9.17) is 4.43 Å². The fourth-order valence-corrected chi connectivity index (χ4v) is 3.53. The molecule has 1 saturated carbocycles. The molecule has 0 aromatic heterocycles. The molecule has 2 atom stereocenters. The van der Waals surface area contributed by atoms with E-state index in [9.17, 15) is 4.79 Å². The van der Waals surface area contributed by atoms with Gasteiger partial charge in [0.25, 0.3) is 0 Å². The Morgan fingerprint density at radius 1 is 1.31 bits per heavy atom. The molecular weight excluding hydrogens is 216 g/mol. The first kappa shape index (κ1) is 13.9. The van der Waals surface area contributed by atoms with Crippen LogP contribution < -0.4 is 0 Å². The second-order valence-electron chi connectivity index (χ2n) is 6.51. The van der Waals surface area contributed by atoms with Gasteiger partial charge in [-0.25, -0.2) is 0 Å². The van der Waals surface area contributed by atoms with Crippen molar-refractivity contribution in [2.45, 2.75) is 70.7 Å². The van der Waals surface area contributed by atoms with Crippen molar-refractivity contribution < 1.29 is 9.22 Å². The molecule has 1 fully saturated rings. The molecule has 2 nitrogen and oxygen atoms in total. The fraction of sp³-hybridized carbons (Fsp3) is 0.923. The number of aldehydes is 1. The molecule has 94 valence electrons. The van der Waals surface area contributed by atoms with Crippen LogP contribution in [0.5, 0.6) is 0 Å². The Labute approximate surface area is 101 Å². The first-order valence-corrected chi connectivity index (χ1v) is 9.30. The van der Waals surface area contributed by atoms with E-state index in [1.165, 1.54) is 6.42 Å². The Morgan fingerprint density at radius 3 is 2.44 bits per heavy atom. The van der Waals surface area contributed by atoms with E-state index in [0.717, 1.165) is 19.1 Å². The standard InChI is InChI=1S/C13H26O2Si/c1-13(2,3)16(4,5)15-12-8-6-7-11(12)9-10-14/h10-12H,6-9H2,1-5H3/t11-,12-/m0/s1. The molecule has 0 saturated heterocycles. The zero-order chi connectivity index (χ0) is 12.4. The largest absolute Gasteiger partial charge is 0.414 e. The number of hydrogen-bond donors (Lipinski definition) is 0. The van der Waals surface area contributed by atoms with Crippen molar-refractivity contribution in [3.63, 3.8) is 0 Å². The van der Waals surface area contributed by atoms with Crippen molar-refractivity contribution in [1.29, 1.82) is 0 Å². The molecule has 1 aliphatic rings. The highest BCUT2D eigenvalue weighted by atomic mass is 28.4. The highest BCUT2D eigenvalue weighted by molar-refractivity contribution is 6.74. The number of hydrogen-bond acceptors (Lipinski definition) is 2. The monoisotopic (exact) mass is 242 g/mol. The van der Waals surface area contributed by atoms with Crippen LogP contribution in [0.15, 0.2) is 0 Å². The molecule has 16 heavy (non-hydrogen) atoms. The second-order valence-corrected chi connectivity index (χ2v) is 11.3. The van der Waals surface area contributed by atoms with Crippen LogP contribution in [0.3, 0.4) is 0 Å². The van der Waals surface area contributed by atoms with Crippen LogP contribution in [-0.2, 0) is 9.22 Å². The van der Waals surface area contributed by atoms with E-state index in [1.54, 1.807) is 0 Å². The number of rotatable bonds is 4. The predicted octanol–water partition coefficient (Wildman–Crippen LogP) is 3.77.